The van der Waals surface area contributed by atoms with Crippen molar-refractivity contribution in [3.8, 4) is 0 Å². The van der Waals surface area contributed by atoms with Gasteiger partial charge < -0.3 is 9.47 Å². The van der Waals surface area contributed by atoms with Crippen LogP contribution in [-0.2, 0) is 25.0 Å². The fourth-order valence-corrected chi connectivity index (χ4v) is 3.18. The number of ether oxygens (including phenoxy) is 2. The Balaban J connectivity index is 1.68. The lowest BCUT2D eigenvalue weighted by atomic mass is 9.97. The summed E-state index contributed by atoms with van der Waals surface area (Å²) >= 11 is 0. The first kappa shape index (κ1) is 12.6. The van der Waals surface area contributed by atoms with Crippen LogP contribution in [0.3, 0.4) is 0 Å². The number of benzene rings is 3. The van der Waals surface area contributed by atoms with Crippen LogP contribution in [-0.4, -0.2) is 19.5 Å². The van der Waals surface area contributed by atoms with E-state index in [9.17, 15) is 0 Å². The molecule has 0 aromatic heterocycles. The van der Waals surface area contributed by atoms with Gasteiger partial charge in [0, 0.05) is 5.56 Å². The molecular weight excluding hydrogens is 280 g/mol. The number of rotatable bonds is 1. The summed E-state index contributed by atoms with van der Waals surface area (Å²) in [6.07, 6.45) is -0.487. The van der Waals surface area contributed by atoms with Crippen LogP contribution in [0.1, 0.15) is 5.56 Å². The van der Waals surface area contributed by atoms with Gasteiger partial charge in [-0.25, -0.2) is 0 Å². The maximum Gasteiger partial charge on any atom is 0.282 e. The third kappa shape index (κ3) is 1.66. The van der Waals surface area contributed by atoms with E-state index in [1.165, 1.54) is 16.2 Å². The van der Waals surface area contributed by atoms with Gasteiger partial charge in [0.05, 0.1) is 13.2 Å². The molecule has 2 heterocycles. The van der Waals surface area contributed by atoms with Crippen molar-refractivity contribution in [2.75, 3.05) is 13.2 Å². The molecule has 2 saturated heterocycles. The minimum atomic E-state index is -0.919. The highest BCUT2D eigenvalue weighted by Crippen LogP contribution is 2.44. The quantitative estimate of drug-likeness (QED) is 0.508. The molecule has 5 rings (SSSR count). The topological polar surface area (TPSA) is 36.9 Å². The van der Waals surface area contributed by atoms with Crippen LogP contribution in [0.5, 0.6) is 0 Å². The van der Waals surface area contributed by atoms with Crippen LogP contribution in [0.15, 0.2) is 54.6 Å². The average molecular weight is 294 g/mol. The number of hydrogen-bond donors (Lipinski definition) is 0. The molecule has 3 aromatic carbocycles. The summed E-state index contributed by atoms with van der Waals surface area (Å²) in [5, 5.41) is 4.79. The Bertz CT molecular complexity index is 875. The molecule has 0 amide bonds. The smallest absolute Gasteiger partial charge is 0.282 e. The Morgan fingerprint density at radius 1 is 0.818 bits per heavy atom. The Kier molecular flexibility index (Phi) is 2.57. The summed E-state index contributed by atoms with van der Waals surface area (Å²) in [6, 6.07) is 18.9. The van der Waals surface area contributed by atoms with Gasteiger partial charge in [-0.15, -0.1) is 0 Å². The van der Waals surface area contributed by atoms with Crippen molar-refractivity contribution in [3.63, 3.8) is 0 Å². The van der Waals surface area contributed by atoms with Crippen molar-refractivity contribution in [1.82, 2.24) is 0 Å². The second kappa shape index (κ2) is 4.51. The molecule has 0 saturated carbocycles. The summed E-state index contributed by atoms with van der Waals surface area (Å²) < 4.78 is 11.4. The fourth-order valence-electron chi connectivity index (χ4n) is 3.18. The zero-order valence-corrected chi connectivity index (χ0v) is 11.8. The summed E-state index contributed by atoms with van der Waals surface area (Å²) in [7, 11) is 0. The third-order valence-electron chi connectivity index (χ3n) is 4.35. The first-order chi connectivity index (χ1) is 10.9. The van der Waals surface area contributed by atoms with Crippen molar-refractivity contribution in [2.24, 2.45) is 0 Å². The van der Waals surface area contributed by atoms with Gasteiger partial charge in [-0.2, -0.15) is 9.78 Å². The van der Waals surface area contributed by atoms with Gasteiger partial charge in [-0.3, -0.25) is 0 Å². The van der Waals surface area contributed by atoms with Crippen molar-refractivity contribution in [2.45, 2.75) is 12.1 Å². The molecule has 0 N–H and O–H groups in total. The summed E-state index contributed by atoms with van der Waals surface area (Å²) in [6.45, 7) is 1.02. The minimum absolute atomic E-state index is 0.487. The predicted molar refractivity (Wildman–Crippen MR) is 81.0 cm³/mol. The Morgan fingerprint density at radius 2 is 1.59 bits per heavy atom. The van der Waals surface area contributed by atoms with E-state index in [-0.39, 0.29) is 0 Å². The lowest BCUT2D eigenvalue weighted by Crippen LogP contribution is -2.60. The number of fused-ring (bicyclic) bond motifs is 3. The van der Waals surface area contributed by atoms with Crippen LogP contribution in [0.2, 0.25) is 0 Å². The zero-order valence-electron chi connectivity index (χ0n) is 11.8. The van der Waals surface area contributed by atoms with E-state index >= 15 is 0 Å². The molecule has 4 nitrogen and oxygen atoms in total. The van der Waals surface area contributed by atoms with E-state index in [1.54, 1.807) is 0 Å². The SMILES string of the molecule is c1ccc2cc3cc(C45OCCOC4OO5)ccc3cc2c1. The van der Waals surface area contributed by atoms with E-state index in [1.807, 2.05) is 12.1 Å². The highest BCUT2D eigenvalue weighted by molar-refractivity contribution is 5.98. The third-order valence-corrected chi connectivity index (χ3v) is 4.35. The Labute approximate surface area is 127 Å². The molecular formula is C18H14O4. The maximum absolute atomic E-state index is 5.81. The van der Waals surface area contributed by atoms with Crippen LogP contribution >= 0.6 is 0 Å². The molecule has 2 aliphatic rings. The van der Waals surface area contributed by atoms with E-state index in [0.717, 1.165) is 10.9 Å². The van der Waals surface area contributed by atoms with Gasteiger partial charge in [-0.05, 0) is 39.7 Å². The monoisotopic (exact) mass is 294 g/mol. The molecule has 2 fully saturated rings. The van der Waals surface area contributed by atoms with Crippen molar-refractivity contribution in [1.29, 1.82) is 0 Å². The van der Waals surface area contributed by atoms with Gasteiger partial charge in [0.2, 0.25) is 0 Å². The molecule has 0 bridgehead atoms. The van der Waals surface area contributed by atoms with Gasteiger partial charge in [-0.1, -0.05) is 36.4 Å². The second-order valence-corrected chi connectivity index (χ2v) is 5.66. The highest BCUT2D eigenvalue weighted by Gasteiger charge is 2.57. The van der Waals surface area contributed by atoms with Crippen LogP contribution in [0.4, 0.5) is 0 Å². The van der Waals surface area contributed by atoms with Gasteiger partial charge >= 0.3 is 0 Å². The van der Waals surface area contributed by atoms with Gasteiger partial charge in [0.25, 0.3) is 12.1 Å². The molecule has 110 valence electrons. The Morgan fingerprint density at radius 3 is 2.32 bits per heavy atom. The molecule has 2 unspecified atom stereocenters. The molecule has 22 heavy (non-hydrogen) atoms. The van der Waals surface area contributed by atoms with E-state index in [2.05, 4.69) is 42.5 Å². The van der Waals surface area contributed by atoms with E-state index in [0.29, 0.717) is 13.2 Å². The maximum atomic E-state index is 5.81. The average Bonchev–Trinajstić information content (AvgIpc) is 2.54. The molecule has 0 spiro atoms. The van der Waals surface area contributed by atoms with E-state index < -0.39 is 12.1 Å². The van der Waals surface area contributed by atoms with Crippen LogP contribution in [0, 0.1) is 0 Å². The van der Waals surface area contributed by atoms with Crippen LogP contribution in [0.25, 0.3) is 21.5 Å². The molecule has 3 aromatic rings. The lowest BCUT2D eigenvalue weighted by molar-refractivity contribution is -0.638. The summed E-state index contributed by atoms with van der Waals surface area (Å²) in [5.74, 6) is -0.919. The first-order valence-electron chi connectivity index (χ1n) is 7.38. The molecule has 2 aliphatic heterocycles. The largest absolute Gasteiger partial charge is 0.343 e. The normalized spacial score (nSPS) is 27.5. The minimum Gasteiger partial charge on any atom is -0.343 e. The van der Waals surface area contributed by atoms with Crippen molar-refractivity contribution >= 4 is 21.5 Å². The fraction of sp³-hybridized carbons (Fsp3) is 0.222. The standard InChI is InChI=1S/C18H14O4/c1-2-4-13-10-15-11-16(6-5-14(15)9-12(13)3-1)18-17(21-22-18)19-7-8-20-18/h1-6,9-11,17H,7-8H2. The van der Waals surface area contributed by atoms with Gasteiger partial charge in [0.15, 0.2) is 0 Å². The highest BCUT2D eigenvalue weighted by atomic mass is 17.3. The Hall–Kier alpha value is -1.98. The lowest BCUT2D eigenvalue weighted by Gasteiger charge is -2.48. The predicted octanol–water partition coefficient (Wildman–Crippen LogP) is 3.48. The first-order valence-corrected chi connectivity index (χ1v) is 7.38. The molecule has 0 radical (unpaired) electrons. The van der Waals surface area contributed by atoms with Crippen molar-refractivity contribution in [3.05, 3.63) is 60.2 Å². The molecule has 0 aliphatic carbocycles. The van der Waals surface area contributed by atoms with E-state index in [4.69, 9.17) is 19.2 Å². The zero-order chi connectivity index (χ0) is 14.6. The second-order valence-electron chi connectivity index (χ2n) is 5.66. The molecule has 4 heteroatoms. The summed E-state index contributed by atoms with van der Waals surface area (Å²) in [5.41, 5.74) is 0.922. The van der Waals surface area contributed by atoms with Gasteiger partial charge in [0.1, 0.15) is 0 Å². The van der Waals surface area contributed by atoms with Crippen LogP contribution < -0.4 is 0 Å². The number of hydrogen-bond acceptors (Lipinski definition) is 4. The summed E-state index contributed by atoms with van der Waals surface area (Å²) in [4.78, 5) is 10.3. The molecule has 2 atom stereocenters. The van der Waals surface area contributed by atoms with Crippen molar-refractivity contribution < 1.29 is 19.2 Å².